The Morgan fingerprint density at radius 2 is 1.68 bits per heavy atom. The van der Waals surface area contributed by atoms with Crippen molar-refractivity contribution in [3.8, 4) is 11.5 Å². The molecular weight excluding hydrogens is 427 g/mol. The van der Waals surface area contributed by atoms with Gasteiger partial charge in [0.05, 0.1) is 0 Å². The molecule has 0 aliphatic carbocycles. The molecule has 3 nitrogen and oxygen atoms in total. The molecule has 0 saturated carbocycles. The van der Waals surface area contributed by atoms with Gasteiger partial charge in [0.25, 0.3) is 0 Å². The van der Waals surface area contributed by atoms with E-state index in [0.29, 0.717) is 34.2 Å². The van der Waals surface area contributed by atoms with Gasteiger partial charge in [-0.1, -0.05) is 45.6 Å². The fraction of sp³-hybridized carbons (Fsp3) is 0.316. The zero-order valence-corrected chi connectivity index (χ0v) is 16.7. The molecule has 0 amide bonds. The van der Waals surface area contributed by atoms with Crippen LogP contribution in [0, 0.1) is 0 Å². The predicted octanol–water partition coefficient (Wildman–Crippen LogP) is 6.15. The highest BCUT2D eigenvalue weighted by atomic mass is 79.9. The lowest BCUT2D eigenvalue weighted by molar-refractivity contribution is -0.134. The molecule has 0 radical (unpaired) electrons. The standard InChI is InChI=1S/C19H19BrCl2O3/c20-9-3-1-2-4-19(24)25-18-8-6-16(22)12-14(18)10-13-11-15(21)5-7-17(13)23/h5-8,11-12,23H,1-4,9-10H2. The lowest BCUT2D eigenvalue weighted by atomic mass is 10.0. The minimum atomic E-state index is -0.270. The van der Waals surface area contributed by atoms with Crippen LogP contribution in [-0.4, -0.2) is 16.4 Å². The third kappa shape index (κ3) is 6.53. The Bertz CT molecular complexity index is 735. The highest BCUT2D eigenvalue weighted by Gasteiger charge is 2.13. The van der Waals surface area contributed by atoms with Crippen molar-refractivity contribution < 1.29 is 14.6 Å². The van der Waals surface area contributed by atoms with E-state index in [0.717, 1.165) is 30.2 Å². The van der Waals surface area contributed by atoms with Crippen LogP contribution in [0.25, 0.3) is 0 Å². The van der Waals surface area contributed by atoms with Crippen molar-refractivity contribution in [2.24, 2.45) is 0 Å². The third-order valence-corrected chi connectivity index (χ3v) is 4.71. The van der Waals surface area contributed by atoms with Gasteiger partial charge in [-0.15, -0.1) is 0 Å². The number of phenols is 1. The molecule has 0 spiro atoms. The number of rotatable bonds is 8. The van der Waals surface area contributed by atoms with Crippen LogP contribution in [0.4, 0.5) is 0 Å². The lowest BCUT2D eigenvalue weighted by Gasteiger charge is -2.12. The number of hydrogen-bond acceptors (Lipinski definition) is 3. The molecule has 0 heterocycles. The molecular formula is C19H19BrCl2O3. The Hall–Kier alpha value is -1.23. The molecule has 0 unspecified atom stereocenters. The van der Waals surface area contributed by atoms with E-state index < -0.39 is 0 Å². The predicted molar refractivity (Wildman–Crippen MR) is 105 cm³/mol. The summed E-state index contributed by atoms with van der Waals surface area (Å²) in [6.07, 6.45) is 3.54. The minimum Gasteiger partial charge on any atom is -0.508 e. The Morgan fingerprint density at radius 1 is 1.00 bits per heavy atom. The van der Waals surface area contributed by atoms with Gasteiger partial charge in [0.15, 0.2) is 0 Å². The smallest absolute Gasteiger partial charge is 0.311 e. The minimum absolute atomic E-state index is 0.136. The fourth-order valence-electron chi connectivity index (χ4n) is 2.40. The van der Waals surface area contributed by atoms with Crippen LogP contribution in [0.2, 0.25) is 10.0 Å². The maximum atomic E-state index is 12.0. The Labute approximate surface area is 166 Å². The zero-order valence-electron chi connectivity index (χ0n) is 13.6. The number of halogens is 3. The molecule has 134 valence electrons. The van der Waals surface area contributed by atoms with E-state index in [4.69, 9.17) is 27.9 Å². The first-order valence-corrected chi connectivity index (χ1v) is 9.90. The molecule has 0 aromatic heterocycles. The summed E-state index contributed by atoms with van der Waals surface area (Å²) >= 11 is 15.4. The van der Waals surface area contributed by atoms with Gasteiger partial charge < -0.3 is 9.84 Å². The van der Waals surface area contributed by atoms with E-state index in [9.17, 15) is 9.90 Å². The SMILES string of the molecule is O=C(CCCCCBr)Oc1ccc(Cl)cc1Cc1cc(Cl)ccc1O. The van der Waals surface area contributed by atoms with Crippen molar-refractivity contribution in [1.82, 2.24) is 0 Å². The number of phenolic OH excluding ortho intramolecular Hbond substituents is 1. The van der Waals surface area contributed by atoms with Crippen molar-refractivity contribution in [2.75, 3.05) is 5.33 Å². The van der Waals surface area contributed by atoms with Crippen LogP contribution >= 0.6 is 39.1 Å². The normalized spacial score (nSPS) is 10.7. The molecule has 0 saturated heterocycles. The van der Waals surface area contributed by atoms with Crippen molar-refractivity contribution in [1.29, 1.82) is 0 Å². The first-order chi connectivity index (χ1) is 12.0. The summed E-state index contributed by atoms with van der Waals surface area (Å²) in [5.74, 6) is 0.319. The average molecular weight is 446 g/mol. The second-order valence-corrected chi connectivity index (χ2v) is 7.34. The molecule has 0 bridgehead atoms. The number of carbonyl (C=O) groups excluding carboxylic acids is 1. The Morgan fingerprint density at radius 3 is 2.40 bits per heavy atom. The van der Waals surface area contributed by atoms with E-state index in [2.05, 4.69) is 15.9 Å². The molecule has 25 heavy (non-hydrogen) atoms. The number of unbranched alkanes of at least 4 members (excludes halogenated alkanes) is 2. The summed E-state index contributed by atoms with van der Waals surface area (Å²) in [5, 5.41) is 12.0. The second-order valence-electron chi connectivity index (χ2n) is 5.68. The van der Waals surface area contributed by atoms with Crippen LogP contribution in [0.15, 0.2) is 36.4 Å². The van der Waals surface area contributed by atoms with Crippen LogP contribution in [0.3, 0.4) is 0 Å². The van der Waals surface area contributed by atoms with Crippen LogP contribution in [-0.2, 0) is 11.2 Å². The van der Waals surface area contributed by atoms with E-state index in [1.54, 1.807) is 30.3 Å². The maximum absolute atomic E-state index is 12.0. The van der Waals surface area contributed by atoms with Crippen molar-refractivity contribution in [3.05, 3.63) is 57.6 Å². The first kappa shape index (κ1) is 20.1. The summed E-state index contributed by atoms with van der Waals surface area (Å²) in [6.45, 7) is 0. The van der Waals surface area contributed by atoms with E-state index in [1.807, 2.05) is 0 Å². The van der Waals surface area contributed by atoms with Crippen molar-refractivity contribution in [2.45, 2.75) is 32.1 Å². The number of hydrogen-bond donors (Lipinski definition) is 1. The van der Waals surface area contributed by atoms with Crippen LogP contribution in [0.5, 0.6) is 11.5 Å². The number of esters is 1. The highest BCUT2D eigenvalue weighted by molar-refractivity contribution is 9.09. The molecule has 0 aliphatic rings. The summed E-state index contributed by atoms with van der Waals surface area (Å²) in [5.41, 5.74) is 1.36. The first-order valence-electron chi connectivity index (χ1n) is 8.02. The number of aromatic hydroxyl groups is 1. The molecule has 2 rings (SSSR count). The molecule has 1 N–H and O–H groups in total. The number of benzene rings is 2. The third-order valence-electron chi connectivity index (χ3n) is 3.68. The maximum Gasteiger partial charge on any atom is 0.311 e. The van der Waals surface area contributed by atoms with Gasteiger partial charge in [-0.05, 0) is 54.8 Å². The van der Waals surface area contributed by atoms with Gasteiger partial charge in [-0.2, -0.15) is 0 Å². The molecule has 2 aromatic rings. The number of ether oxygens (including phenoxy) is 1. The fourth-order valence-corrected chi connectivity index (χ4v) is 3.19. The molecule has 0 atom stereocenters. The number of alkyl halides is 1. The lowest BCUT2D eigenvalue weighted by Crippen LogP contribution is -2.09. The molecule has 0 aliphatic heterocycles. The van der Waals surface area contributed by atoms with Gasteiger partial charge in [0.2, 0.25) is 0 Å². The van der Waals surface area contributed by atoms with Crippen molar-refractivity contribution in [3.63, 3.8) is 0 Å². The van der Waals surface area contributed by atoms with E-state index in [-0.39, 0.29) is 11.7 Å². The Kier molecular flexibility index (Phi) is 8.07. The zero-order chi connectivity index (χ0) is 18.2. The quantitative estimate of drug-likeness (QED) is 0.229. The van der Waals surface area contributed by atoms with Gasteiger partial charge in [-0.25, -0.2) is 0 Å². The molecule has 6 heteroatoms. The van der Waals surface area contributed by atoms with Crippen molar-refractivity contribution >= 4 is 45.1 Å². The largest absolute Gasteiger partial charge is 0.508 e. The molecule has 0 fully saturated rings. The summed E-state index contributed by atoms with van der Waals surface area (Å²) in [7, 11) is 0. The van der Waals surface area contributed by atoms with E-state index in [1.165, 1.54) is 6.07 Å². The van der Waals surface area contributed by atoms with Gasteiger partial charge >= 0.3 is 5.97 Å². The van der Waals surface area contributed by atoms with Gasteiger partial charge in [0.1, 0.15) is 11.5 Å². The summed E-state index contributed by atoms with van der Waals surface area (Å²) in [6, 6.07) is 9.93. The monoisotopic (exact) mass is 444 g/mol. The topological polar surface area (TPSA) is 46.5 Å². The van der Waals surface area contributed by atoms with Gasteiger partial charge in [-0.3, -0.25) is 4.79 Å². The number of carbonyl (C=O) groups is 1. The highest BCUT2D eigenvalue weighted by Crippen LogP contribution is 2.30. The average Bonchev–Trinajstić information content (AvgIpc) is 2.57. The Balaban J connectivity index is 2.11. The van der Waals surface area contributed by atoms with Crippen LogP contribution < -0.4 is 4.74 Å². The van der Waals surface area contributed by atoms with Gasteiger partial charge in [0, 0.05) is 33.8 Å². The summed E-state index contributed by atoms with van der Waals surface area (Å²) < 4.78 is 5.50. The second kappa shape index (κ2) is 10.0. The van der Waals surface area contributed by atoms with E-state index >= 15 is 0 Å². The summed E-state index contributed by atoms with van der Waals surface area (Å²) in [4.78, 5) is 12.0. The van der Waals surface area contributed by atoms with Crippen LogP contribution in [0.1, 0.15) is 36.8 Å². The molecule has 2 aromatic carbocycles.